The maximum Gasteiger partial charge on any atom is 0.226 e. The molecule has 0 amide bonds. The Hall–Kier alpha value is -3.40. The highest BCUT2D eigenvalue weighted by molar-refractivity contribution is 14.0. The van der Waals surface area contributed by atoms with Crippen LogP contribution in [-0.2, 0) is 19.7 Å². The summed E-state index contributed by atoms with van der Waals surface area (Å²) in [5.74, 6) is 2.08. The van der Waals surface area contributed by atoms with Gasteiger partial charge in [-0.3, -0.25) is 9.98 Å². The van der Waals surface area contributed by atoms with Gasteiger partial charge in [0.25, 0.3) is 0 Å². The molecule has 4 rings (SSSR count). The van der Waals surface area contributed by atoms with Crippen LogP contribution < -0.4 is 15.4 Å². The van der Waals surface area contributed by atoms with Gasteiger partial charge < -0.3 is 19.8 Å². The van der Waals surface area contributed by atoms with Crippen molar-refractivity contribution >= 4 is 29.9 Å². The van der Waals surface area contributed by atoms with Gasteiger partial charge in [-0.1, -0.05) is 36.4 Å². The normalized spacial score (nSPS) is 10.9. The Morgan fingerprint density at radius 3 is 2.55 bits per heavy atom. The Morgan fingerprint density at radius 2 is 1.76 bits per heavy atom. The second-order valence-electron chi connectivity index (χ2n) is 7.05. The molecule has 2 N–H and O–H groups in total. The van der Waals surface area contributed by atoms with Crippen LogP contribution in [0.3, 0.4) is 0 Å². The van der Waals surface area contributed by atoms with Crippen molar-refractivity contribution in [1.29, 1.82) is 0 Å². The summed E-state index contributed by atoms with van der Waals surface area (Å²) in [6.07, 6.45) is 3.42. The molecule has 33 heavy (non-hydrogen) atoms. The number of hydrogen-bond acceptors (Lipinski definition) is 5. The molecule has 0 aliphatic heterocycles. The van der Waals surface area contributed by atoms with Crippen molar-refractivity contribution in [3.05, 3.63) is 102 Å². The van der Waals surface area contributed by atoms with Gasteiger partial charge in [0, 0.05) is 25.4 Å². The van der Waals surface area contributed by atoms with Gasteiger partial charge in [0.05, 0.1) is 17.9 Å². The smallest absolute Gasteiger partial charge is 0.226 e. The standard InChI is InChI=1S/C25H25N5O2.HI/c1-26-25(29-16-22-18-32-24(30-22)20-9-3-2-4-10-20)28-15-19-8-7-12-23(14-19)31-17-21-11-5-6-13-27-21;/h2-14,18H,15-17H2,1H3,(H2,26,28,29);1H. The fourth-order valence-electron chi connectivity index (χ4n) is 3.07. The molecule has 0 unspecified atom stereocenters. The number of oxazole rings is 1. The van der Waals surface area contributed by atoms with Gasteiger partial charge in [0.2, 0.25) is 5.89 Å². The number of aliphatic imine (C=N–C) groups is 1. The third-order valence-electron chi connectivity index (χ3n) is 4.70. The van der Waals surface area contributed by atoms with Crippen LogP contribution in [0.5, 0.6) is 5.75 Å². The first-order valence-electron chi connectivity index (χ1n) is 10.4. The molecule has 0 fully saturated rings. The van der Waals surface area contributed by atoms with E-state index in [1.807, 2.05) is 72.8 Å². The molecule has 0 aliphatic rings. The van der Waals surface area contributed by atoms with Crippen molar-refractivity contribution < 1.29 is 9.15 Å². The summed E-state index contributed by atoms with van der Waals surface area (Å²) in [6, 6.07) is 23.6. The molecule has 7 nitrogen and oxygen atoms in total. The highest BCUT2D eigenvalue weighted by Gasteiger charge is 2.07. The van der Waals surface area contributed by atoms with E-state index in [0.29, 0.717) is 31.5 Å². The fraction of sp³-hybridized carbons (Fsp3) is 0.160. The lowest BCUT2D eigenvalue weighted by molar-refractivity contribution is 0.301. The molecule has 2 aromatic heterocycles. The molecular weight excluding hydrogens is 529 g/mol. The van der Waals surface area contributed by atoms with E-state index in [4.69, 9.17) is 9.15 Å². The number of aromatic nitrogens is 2. The van der Waals surface area contributed by atoms with Crippen molar-refractivity contribution in [2.45, 2.75) is 19.7 Å². The summed E-state index contributed by atoms with van der Waals surface area (Å²) in [7, 11) is 1.74. The second kappa shape index (κ2) is 12.6. The van der Waals surface area contributed by atoms with Gasteiger partial charge >= 0.3 is 0 Å². The van der Waals surface area contributed by atoms with Crippen LogP contribution in [0, 0.1) is 0 Å². The highest BCUT2D eigenvalue weighted by Crippen LogP contribution is 2.18. The van der Waals surface area contributed by atoms with Gasteiger partial charge in [-0.15, -0.1) is 24.0 Å². The summed E-state index contributed by atoms with van der Waals surface area (Å²) in [5.41, 5.74) is 3.73. The van der Waals surface area contributed by atoms with Crippen molar-refractivity contribution in [2.24, 2.45) is 4.99 Å². The van der Waals surface area contributed by atoms with Gasteiger partial charge in [-0.05, 0) is 42.0 Å². The third kappa shape index (κ3) is 7.31. The predicted octanol–water partition coefficient (Wildman–Crippen LogP) is 4.80. The zero-order valence-electron chi connectivity index (χ0n) is 18.3. The molecule has 0 spiro atoms. The van der Waals surface area contributed by atoms with Gasteiger partial charge in [-0.25, -0.2) is 4.98 Å². The fourth-order valence-corrected chi connectivity index (χ4v) is 3.07. The van der Waals surface area contributed by atoms with Crippen molar-refractivity contribution in [3.63, 3.8) is 0 Å². The highest BCUT2D eigenvalue weighted by atomic mass is 127. The minimum absolute atomic E-state index is 0. The molecule has 0 bridgehead atoms. The molecule has 0 saturated carbocycles. The van der Waals surface area contributed by atoms with Crippen LogP contribution in [0.2, 0.25) is 0 Å². The first-order valence-corrected chi connectivity index (χ1v) is 10.4. The molecule has 4 aromatic rings. The molecule has 0 radical (unpaired) electrons. The molecule has 2 aromatic carbocycles. The van der Waals surface area contributed by atoms with Crippen LogP contribution in [0.15, 0.2) is 94.7 Å². The van der Waals surface area contributed by atoms with Crippen molar-refractivity contribution in [3.8, 4) is 17.2 Å². The monoisotopic (exact) mass is 555 g/mol. The summed E-state index contributed by atoms with van der Waals surface area (Å²) >= 11 is 0. The molecule has 8 heteroatoms. The van der Waals surface area contributed by atoms with Crippen molar-refractivity contribution in [1.82, 2.24) is 20.6 Å². The quantitative estimate of drug-likeness (QED) is 0.185. The van der Waals surface area contributed by atoms with Crippen molar-refractivity contribution in [2.75, 3.05) is 7.05 Å². The van der Waals surface area contributed by atoms with Crippen LogP contribution in [0.1, 0.15) is 17.0 Å². The number of guanidine groups is 1. The number of nitrogens with one attached hydrogen (secondary N) is 2. The average molecular weight is 555 g/mol. The van der Waals surface area contributed by atoms with Gasteiger partial charge in [0.1, 0.15) is 18.6 Å². The summed E-state index contributed by atoms with van der Waals surface area (Å²) in [4.78, 5) is 13.1. The topological polar surface area (TPSA) is 84.6 Å². The Bertz CT molecular complexity index is 1150. The number of ether oxygens (including phenoxy) is 1. The Labute approximate surface area is 210 Å². The number of nitrogens with zero attached hydrogens (tertiary/aromatic N) is 3. The first-order chi connectivity index (χ1) is 15.8. The zero-order chi connectivity index (χ0) is 22.0. The Kier molecular flexibility index (Phi) is 9.25. The lowest BCUT2D eigenvalue weighted by Crippen LogP contribution is -2.36. The Morgan fingerprint density at radius 1 is 0.939 bits per heavy atom. The van der Waals surface area contributed by atoms with Crippen LogP contribution in [0.25, 0.3) is 11.5 Å². The number of halogens is 1. The molecule has 0 atom stereocenters. The molecule has 2 heterocycles. The molecule has 0 saturated heterocycles. The maximum atomic E-state index is 5.86. The average Bonchev–Trinajstić information content (AvgIpc) is 3.33. The molecular formula is C25H26IN5O2. The molecule has 170 valence electrons. The largest absolute Gasteiger partial charge is 0.487 e. The summed E-state index contributed by atoms with van der Waals surface area (Å²) in [6.45, 7) is 1.54. The summed E-state index contributed by atoms with van der Waals surface area (Å²) < 4.78 is 11.4. The number of benzene rings is 2. The van der Waals surface area contributed by atoms with E-state index in [1.165, 1.54) is 0 Å². The second-order valence-corrected chi connectivity index (χ2v) is 7.05. The van der Waals surface area contributed by atoms with E-state index in [0.717, 1.165) is 28.3 Å². The lowest BCUT2D eigenvalue weighted by Gasteiger charge is -2.12. The van der Waals surface area contributed by atoms with E-state index >= 15 is 0 Å². The maximum absolute atomic E-state index is 5.86. The van der Waals surface area contributed by atoms with E-state index in [2.05, 4.69) is 25.6 Å². The predicted molar refractivity (Wildman–Crippen MR) is 139 cm³/mol. The lowest BCUT2D eigenvalue weighted by atomic mass is 10.2. The van der Waals surface area contributed by atoms with Crippen LogP contribution in [-0.4, -0.2) is 23.0 Å². The minimum atomic E-state index is 0. The minimum Gasteiger partial charge on any atom is -0.487 e. The Balaban J connectivity index is 0.00000306. The van der Waals surface area contributed by atoms with E-state index in [1.54, 1.807) is 19.5 Å². The zero-order valence-corrected chi connectivity index (χ0v) is 20.6. The van der Waals surface area contributed by atoms with E-state index in [9.17, 15) is 0 Å². The first kappa shape index (κ1) is 24.2. The van der Waals surface area contributed by atoms with Crippen LogP contribution in [0.4, 0.5) is 0 Å². The SMILES string of the molecule is CN=C(NCc1cccc(OCc2ccccn2)c1)NCc1coc(-c2ccccc2)n1.I. The summed E-state index contributed by atoms with van der Waals surface area (Å²) in [5, 5.41) is 6.57. The van der Waals surface area contributed by atoms with Gasteiger partial charge in [-0.2, -0.15) is 0 Å². The third-order valence-corrected chi connectivity index (χ3v) is 4.70. The van der Waals surface area contributed by atoms with E-state index < -0.39 is 0 Å². The van der Waals surface area contributed by atoms with Gasteiger partial charge in [0.15, 0.2) is 5.96 Å². The number of hydrogen-bond donors (Lipinski definition) is 2. The molecule has 0 aliphatic carbocycles. The van der Waals surface area contributed by atoms with E-state index in [-0.39, 0.29) is 24.0 Å². The number of rotatable bonds is 8. The number of pyridine rings is 1. The van der Waals surface area contributed by atoms with Crippen LogP contribution >= 0.6 is 24.0 Å².